The van der Waals surface area contributed by atoms with E-state index in [1.54, 1.807) is 0 Å². The van der Waals surface area contributed by atoms with Gasteiger partial charge in [0, 0.05) is 22.6 Å². The molecule has 1 aromatic carbocycles. The van der Waals surface area contributed by atoms with Gasteiger partial charge >= 0.3 is 0 Å². The summed E-state index contributed by atoms with van der Waals surface area (Å²) in [5.41, 5.74) is 1.93. The molecule has 0 aliphatic heterocycles. The van der Waals surface area contributed by atoms with Crippen LogP contribution in [0.1, 0.15) is 56.5 Å². The van der Waals surface area contributed by atoms with E-state index in [4.69, 9.17) is 0 Å². The molecule has 3 heteroatoms. The number of nitrogens with zero attached hydrogens (tertiary/aromatic N) is 1. The van der Waals surface area contributed by atoms with Crippen LogP contribution in [0.3, 0.4) is 0 Å². The lowest BCUT2D eigenvalue weighted by Gasteiger charge is -2.32. The van der Waals surface area contributed by atoms with Crippen molar-refractivity contribution in [2.75, 3.05) is 6.54 Å². The normalized spacial score (nSPS) is 11.2. The van der Waals surface area contributed by atoms with E-state index < -0.39 is 0 Å². The molecule has 0 heterocycles. The van der Waals surface area contributed by atoms with Crippen LogP contribution in [-0.2, 0) is 0 Å². The summed E-state index contributed by atoms with van der Waals surface area (Å²) in [5.74, 6) is 0.626. The van der Waals surface area contributed by atoms with Crippen molar-refractivity contribution < 1.29 is 4.79 Å². The Kier molecular flexibility index (Phi) is 6.74. The van der Waals surface area contributed by atoms with Crippen molar-refractivity contribution >= 4 is 21.8 Å². The molecule has 0 saturated heterocycles. The maximum absolute atomic E-state index is 12.8. The van der Waals surface area contributed by atoms with Gasteiger partial charge < -0.3 is 4.90 Å². The number of hydrogen-bond donors (Lipinski definition) is 0. The van der Waals surface area contributed by atoms with Crippen LogP contribution in [0, 0.1) is 12.8 Å². The highest BCUT2D eigenvalue weighted by molar-refractivity contribution is 9.10. The van der Waals surface area contributed by atoms with Gasteiger partial charge in [-0.25, -0.2) is 0 Å². The van der Waals surface area contributed by atoms with E-state index in [-0.39, 0.29) is 5.91 Å². The van der Waals surface area contributed by atoms with Gasteiger partial charge in [-0.1, -0.05) is 49.7 Å². The summed E-state index contributed by atoms with van der Waals surface area (Å²) < 4.78 is 0.998. The minimum Gasteiger partial charge on any atom is -0.335 e. The predicted molar refractivity (Wildman–Crippen MR) is 89.1 cm³/mol. The van der Waals surface area contributed by atoms with E-state index >= 15 is 0 Å². The summed E-state index contributed by atoms with van der Waals surface area (Å²) in [7, 11) is 0. The lowest BCUT2D eigenvalue weighted by molar-refractivity contribution is 0.0640. The first kappa shape index (κ1) is 17.2. The van der Waals surface area contributed by atoms with Gasteiger partial charge in [-0.05, 0) is 43.4 Å². The minimum absolute atomic E-state index is 0.146. The van der Waals surface area contributed by atoms with Crippen molar-refractivity contribution in [3.05, 3.63) is 33.8 Å². The Morgan fingerprint density at radius 2 is 1.85 bits per heavy atom. The van der Waals surface area contributed by atoms with Crippen LogP contribution in [0.25, 0.3) is 0 Å². The molecule has 20 heavy (non-hydrogen) atoms. The zero-order valence-corrected chi connectivity index (χ0v) is 14.8. The quantitative estimate of drug-likeness (QED) is 0.710. The van der Waals surface area contributed by atoms with Gasteiger partial charge in [-0.15, -0.1) is 0 Å². The summed E-state index contributed by atoms with van der Waals surface area (Å²) in [4.78, 5) is 14.9. The maximum Gasteiger partial charge on any atom is 0.254 e. The molecule has 1 aromatic rings. The summed E-state index contributed by atoms with van der Waals surface area (Å²) >= 11 is 3.51. The second kappa shape index (κ2) is 7.82. The van der Waals surface area contributed by atoms with Crippen molar-refractivity contribution in [3.8, 4) is 0 Å². The number of rotatable bonds is 6. The van der Waals surface area contributed by atoms with Crippen LogP contribution in [0.5, 0.6) is 0 Å². The largest absolute Gasteiger partial charge is 0.335 e. The Morgan fingerprint density at radius 3 is 2.30 bits per heavy atom. The number of amides is 1. The fourth-order valence-electron chi connectivity index (χ4n) is 2.41. The molecule has 0 spiro atoms. The molecule has 0 fully saturated rings. The van der Waals surface area contributed by atoms with E-state index in [0.29, 0.717) is 12.0 Å². The molecule has 2 nitrogen and oxygen atoms in total. The van der Waals surface area contributed by atoms with Gasteiger partial charge in [-0.2, -0.15) is 0 Å². The molecule has 0 atom stereocenters. The third-order valence-corrected chi connectivity index (χ3v) is 4.48. The first-order valence-electron chi connectivity index (χ1n) is 7.47. The maximum atomic E-state index is 12.8. The lowest BCUT2D eigenvalue weighted by Crippen LogP contribution is -2.42. The molecule has 1 amide bonds. The Labute approximate surface area is 131 Å². The molecule has 0 radical (unpaired) electrons. The SMILES string of the molecule is CCC(CC)N(CC(C)C)C(=O)c1ccc(C)c(Br)c1. The second-order valence-electron chi connectivity index (χ2n) is 5.79. The number of carbonyl (C=O) groups excluding carboxylic acids is 1. The topological polar surface area (TPSA) is 20.3 Å². The highest BCUT2D eigenvalue weighted by atomic mass is 79.9. The third-order valence-electron chi connectivity index (χ3n) is 3.62. The second-order valence-corrected chi connectivity index (χ2v) is 6.64. The summed E-state index contributed by atoms with van der Waals surface area (Å²) in [6.45, 7) is 11.5. The molecule has 0 unspecified atom stereocenters. The van der Waals surface area contributed by atoms with Crippen molar-refractivity contribution in [1.82, 2.24) is 4.90 Å². The van der Waals surface area contributed by atoms with E-state index in [0.717, 1.165) is 35.0 Å². The summed E-state index contributed by atoms with van der Waals surface area (Å²) in [5, 5.41) is 0. The van der Waals surface area contributed by atoms with E-state index in [1.807, 2.05) is 30.0 Å². The molecule has 0 saturated carbocycles. The highest BCUT2D eigenvalue weighted by Crippen LogP contribution is 2.21. The van der Waals surface area contributed by atoms with E-state index in [1.165, 1.54) is 0 Å². The first-order chi connectivity index (χ1) is 9.40. The van der Waals surface area contributed by atoms with Gasteiger partial charge in [0.1, 0.15) is 0 Å². The third kappa shape index (κ3) is 4.34. The zero-order valence-electron chi connectivity index (χ0n) is 13.2. The van der Waals surface area contributed by atoms with Crippen molar-refractivity contribution in [3.63, 3.8) is 0 Å². The Balaban J connectivity index is 3.05. The smallest absolute Gasteiger partial charge is 0.254 e. The molecule has 0 N–H and O–H groups in total. The fraction of sp³-hybridized carbons (Fsp3) is 0.588. The van der Waals surface area contributed by atoms with E-state index in [9.17, 15) is 4.79 Å². The molecule has 0 aromatic heterocycles. The van der Waals surface area contributed by atoms with Gasteiger partial charge in [0.2, 0.25) is 0 Å². The molecular weight excluding hydrogens is 314 g/mol. The molecule has 112 valence electrons. The molecule has 1 rings (SSSR count). The van der Waals surface area contributed by atoms with Crippen LogP contribution in [0.2, 0.25) is 0 Å². The van der Waals surface area contributed by atoms with Crippen LogP contribution in [-0.4, -0.2) is 23.4 Å². The van der Waals surface area contributed by atoms with Gasteiger partial charge in [0.25, 0.3) is 5.91 Å². The molecule has 0 aliphatic rings. The fourth-order valence-corrected chi connectivity index (χ4v) is 2.79. The summed E-state index contributed by atoms with van der Waals surface area (Å²) in [6.07, 6.45) is 2.00. The number of benzene rings is 1. The van der Waals surface area contributed by atoms with Gasteiger partial charge in [-0.3, -0.25) is 4.79 Å². The van der Waals surface area contributed by atoms with Crippen LogP contribution in [0.15, 0.2) is 22.7 Å². The summed E-state index contributed by atoms with van der Waals surface area (Å²) in [6, 6.07) is 6.19. The first-order valence-corrected chi connectivity index (χ1v) is 8.27. The van der Waals surface area contributed by atoms with Crippen LogP contribution in [0.4, 0.5) is 0 Å². The molecular formula is C17H26BrNO. The highest BCUT2D eigenvalue weighted by Gasteiger charge is 2.23. The van der Waals surface area contributed by atoms with Crippen molar-refractivity contribution in [2.24, 2.45) is 5.92 Å². The van der Waals surface area contributed by atoms with Gasteiger partial charge in [0.15, 0.2) is 0 Å². The number of hydrogen-bond acceptors (Lipinski definition) is 1. The van der Waals surface area contributed by atoms with Crippen molar-refractivity contribution in [1.29, 1.82) is 0 Å². The standard InChI is InChI=1S/C17H26BrNO/c1-6-15(7-2)19(11-12(3)4)17(20)14-9-8-13(5)16(18)10-14/h8-10,12,15H,6-7,11H2,1-5H3. The monoisotopic (exact) mass is 339 g/mol. The van der Waals surface area contributed by atoms with Crippen LogP contribution < -0.4 is 0 Å². The average Bonchev–Trinajstić information content (AvgIpc) is 2.41. The van der Waals surface area contributed by atoms with Crippen molar-refractivity contribution in [2.45, 2.75) is 53.5 Å². The van der Waals surface area contributed by atoms with Gasteiger partial charge in [0.05, 0.1) is 0 Å². The molecule has 0 aliphatic carbocycles. The molecule has 0 bridgehead atoms. The minimum atomic E-state index is 0.146. The Hall–Kier alpha value is -0.830. The number of carbonyl (C=O) groups is 1. The number of halogens is 1. The average molecular weight is 340 g/mol. The lowest BCUT2D eigenvalue weighted by atomic mass is 10.0. The Morgan fingerprint density at radius 1 is 1.25 bits per heavy atom. The van der Waals surface area contributed by atoms with E-state index in [2.05, 4.69) is 43.6 Å². The Bertz CT molecular complexity index is 452. The van der Waals surface area contributed by atoms with Crippen LogP contribution >= 0.6 is 15.9 Å². The number of aryl methyl sites for hydroxylation is 1. The zero-order chi connectivity index (χ0) is 15.3. The predicted octanol–water partition coefficient (Wildman–Crippen LogP) is 5.04.